The van der Waals surface area contributed by atoms with E-state index >= 15 is 0 Å². The highest BCUT2D eigenvalue weighted by Gasteiger charge is 2.33. The largest absolute Gasteiger partial charge is 0.480 e. The zero-order valence-corrected chi connectivity index (χ0v) is 20.5. The molecule has 9 N–H and O–H groups in total. The van der Waals surface area contributed by atoms with E-state index in [2.05, 4.69) is 25.9 Å². The molecule has 0 aromatic carbocycles. The molecule has 6 unspecified atom stereocenters. The molecule has 13 nitrogen and oxygen atoms in total. The maximum absolute atomic E-state index is 13.0. The van der Waals surface area contributed by atoms with Gasteiger partial charge >= 0.3 is 5.97 Å². The molecule has 0 aliphatic rings. The fourth-order valence-corrected chi connectivity index (χ4v) is 3.23. The van der Waals surface area contributed by atoms with Crippen LogP contribution in [0.2, 0.25) is 0 Å². The van der Waals surface area contributed by atoms with Crippen molar-refractivity contribution in [1.82, 2.24) is 25.9 Å². The van der Waals surface area contributed by atoms with E-state index in [1.165, 1.54) is 12.5 Å². The van der Waals surface area contributed by atoms with Crippen LogP contribution >= 0.6 is 0 Å². The van der Waals surface area contributed by atoms with E-state index in [0.29, 0.717) is 18.5 Å². The molecule has 0 saturated heterocycles. The van der Waals surface area contributed by atoms with Gasteiger partial charge in [-0.25, -0.2) is 9.78 Å². The summed E-state index contributed by atoms with van der Waals surface area (Å²) in [7, 11) is 0. The standard InChI is InChI=1S/C22H37N7O6/c1-5-11(3)17(24)21(33)28-15(8-16(23)30)19(31)27-14(7-13-9-25-10-26-13)20(32)29-18(22(34)35)12(4)6-2/h9-12,14-15,17-18H,5-8,24H2,1-4H3,(H2,23,30)(H,25,26)(H,27,31)(H,28,33)(H,29,32)(H,34,35). The predicted octanol–water partition coefficient (Wildman–Crippen LogP) is -1.21. The number of H-pyrrole nitrogens is 1. The Morgan fingerprint density at radius 2 is 1.54 bits per heavy atom. The predicted molar refractivity (Wildman–Crippen MR) is 126 cm³/mol. The Morgan fingerprint density at radius 1 is 0.971 bits per heavy atom. The van der Waals surface area contributed by atoms with Crippen LogP contribution in [0.1, 0.15) is 52.7 Å². The van der Waals surface area contributed by atoms with E-state index in [4.69, 9.17) is 11.5 Å². The SMILES string of the molecule is CCC(C)C(N)C(=O)NC(CC(N)=O)C(=O)NC(Cc1cnc[nH]1)C(=O)NC(C(=O)O)C(C)CC. The van der Waals surface area contributed by atoms with Gasteiger partial charge in [-0.05, 0) is 11.8 Å². The average Bonchev–Trinajstić information content (AvgIpc) is 3.32. The minimum absolute atomic E-state index is 0.0476. The second-order valence-corrected chi connectivity index (χ2v) is 8.70. The summed E-state index contributed by atoms with van der Waals surface area (Å²) >= 11 is 0. The van der Waals surface area contributed by atoms with Gasteiger partial charge in [-0.3, -0.25) is 19.2 Å². The first-order valence-corrected chi connectivity index (χ1v) is 11.6. The van der Waals surface area contributed by atoms with Gasteiger partial charge in [-0.15, -0.1) is 0 Å². The molecule has 0 saturated carbocycles. The third-order valence-corrected chi connectivity index (χ3v) is 5.99. The molecule has 0 bridgehead atoms. The number of carboxylic acids is 1. The first-order chi connectivity index (χ1) is 16.4. The third-order valence-electron chi connectivity index (χ3n) is 5.99. The highest BCUT2D eigenvalue weighted by molar-refractivity contribution is 5.96. The number of rotatable bonds is 15. The van der Waals surface area contributed by atoms with Crippen LogP contribution in [0, 0.1) is 11.8 Å². The fraction of sp³-hybridized carbons (Fsp3) is 0.636. The van der Waals surface area contributed by atoms with Gasteiger partial charge in [0.05, 0.1) is 18.8 Å². The highest BCUT2D eigenvalue weighted by atomic mass is 16.4. The minimum atomic E-state index is -1.38. The highest BCUT2D eigenvalue weighted by Crippen LogP contribution is 2.10. The third kappa shape index (κ3) is 9.35. The van der Waals surface area contributed by atoms with E-state index in [9.17, 15) is 29.1 Å². The number of carbonyl (C=O) groups is 5. The van der Waals surface area contributed by atoms with Gasteiger partial charge in [-0.1, -0.05) is 40.5 Å². The van der Waals surface area contributed by atoms with Crippen LogP contribution in [-0.2, 0) is 30.4 Å². The molecule has 1 rings (SSSR count). The number of aliphatic carboxylic acids is 1. The van der Waals surface area contributed by atoms with Crippen LogP contribution in [0.25, 0.3) is 0 Å². The lowest BCUT2D eigenvalue weighted by Crippen LogP contribution is -2.59. The van der Waals surface area contributed by atoms with Crippen molar-refractivity contribution >= 4 is 29.6 Å². The number of aromatic nitrogens is 2. The van der Waals surface area contributed by atoms with Gasteiger partial charge in [-0.2, -0.15) is 0 Å². The van der Waals surface area contributed by atoms with E-state index in [0.717, 1.165) is 0 Å². The van der Waals surface area contributed by atoms with Gasteiger partial charge in [0.1, 0.15) is 18.1 Å². The molecule has 6 atom stereocenters. The quantitative estimate of drug-likeness (QED) is 0.156. The number of hydrogen-bond acceptors (Lipinski definition) is 7. The number of aromatic amines is 1. The molecule has 196 valence electrons. The van der Waals surface area contributed by atoms with E-state index < -0.39 is 60.2 Å². The van der Waals surface area contributed by atoms with Crippen LogP contribution in [0.15, 0.2) is 12.5 Å². The van der Waals surface area contributed by atoms with Crippen molar-refractivity contribution in [2.45, 2.75) is 77.5 Å². The number of amides is 4. The minimum Gasteiger partial charge on any atom is -0.480 e. The van der Waals surface area contributed by atoms with Crippen LogP contribution in [0.3, 0.4) is 0 Å². The van der Waals surface area contributed by atoms with Crippen LogP contribution in [0.5, 0.6) is 0 Å². The zero-order chi connectivity index (χ0) is 26.7. The smallest absolute Gasteiger partial charge is 0.326 e. The van der Waals surface area contributed by atoms with Gasteiger partial charge in [0.15, 0.2) is 0 Å². The molecular weight excluding hydrogens is 458 g/mol. The van der Waals surface area contributed by atoms with Gasteiger partial charge < -0.3 is 37.5 Å². The Balaban J connectivity index is 3.11. The summed E-state index contributed by atoms with van der Waals surface area (Å²) in [4.78, 5) is 68.5. The van der Waals surface area contributed by atoms with Gasteiger partial charge in [0.25, 0.3) is 0 Å². The molecule has 1 aromatic rings. The second kappa shape index (κ2) is 14.0. The first-order valence-electron chi connectivity index (χ1n) is 11.6. The number of carboxylic acid groups (broad SMARTS) is 1. The zero-order valence-electron chi connectivity index (χ0n) is 20.5. The summed E-state index contributed by atoms with van der Waals surface area (Å²) in [6.07, 6.45) is 3.38. The molecule has 0 aliphatic carbocycles. The lowest BCUT2D eigenvalue weighted by atomic mass is 9.98. The van der Waals surface area contributed by atoms with Crippen molar-refractivity contribution in [3.05, 3.63) is 18.2 Å². The molecule has 13 heteroatoms. The molecule has 35 heavy (non-hydrogen) atoms. The van der Waals surface area contributed by atoms with Crippen LogP contribution in [-0.4, -0.2) is 68.8 Å². The summed E-state index contributed by atoms with van der Waals surface area (Å²) in [5, 5.41) is 16.9. The summed E-state index contributed by atoms with van der Waals surface area (Å²) in [6, 6.07) is -4.70. The Kier molecular flexibility index (Phi) is 11.9. The summed E-state index contributed by atoms with van der Waals surface area (Å²) in [6.45, 7) is 7.10. The summed E-state index contributed by atoms with van der Waals surface area (Å²) in [5.41, 5.74) is 11.7. The number of hydrogen-bond donors (Lipinski definition) is 7. The van der Waals surface area contributed by atoms with E-state index in [-0.39, 0.29) is 18.3 Å². The lowest BCUT2D eigenvalue weighted by molar-refractivity contribution is -0.144. The Bertz CT molecular complexity index is 876. The normalized spacial score (nSPS) is 16.1. The molecular formula is C22H37N7O6. The summed E-state index contributed by atoms with van der Waals surface area (Å²) in [5.74, 6) is -4.84. The molecule has 0 aliphatic heterocycles. The Morgan fingerprint density at radius 3 is 2.03 bits per heavy atom. The van der Waals surface area contributed by atoms with E-state index in [1.54, 1.807) is 20.8 Å². The maximum Gasteiger partial charge on any atom is 0.326 e. The molecule has 0 radical (unpaired) electrons. The van der Waals surface area contributed by atoms with Gasteiger partial charge in [0, 0.05) is 18.3 Å². The number of nitrogens with zero attached hydrogens (tertiary/aromatic N) is 1. The number of primary amides is 1. The number of nitrogens with two attached hydrogens (primary N) is 2. The molecule has 0 fully saturated rings. The monoisotopic (exact) mass is 495 g/mol. The fourth-order valence-electron chi connectivity index (χ4n) is 3.23. The van der Waals surface area contributed by atoms with Crippen LogP contribution < -0.4 is 27.4 Å². The van der Waals surface area contributed by atoms with Crippen LogP contribution in [0.4, 0.5) is 0 Å². The van der Waals surface area contributed by atoms with Crippen molar-refractivity contribution in [2.24, 2.45) is 23.3 Å². The molecule has 1 heterocycles. The van der Waals surface area contributed by atoms with Crippen molar-refractivity contribution in [1.29, 1.82) is 0 Å². The van der Waals surface area contributed by atoms with Gasteiger partial charge in [0.2, 0.25) is 23.6 Å². The van der Waals surface area contributed by atoms with Crippen molar-refractivity contribution < 1.29 is 29.1 Å². The molecule has 4 amide bonds. The molecule has 1 aromatic heterocycles. The Labute approximate surface area is 204 Å². The number of carbonyl (C=O) groups excluding carboxylic acids is 4. The second-order valence-electron chi connectivity index (χ2n) is 8.70. The first kappa shape index (κ1) is 29.6. The number of nitrogens with one attached hydrogen (secondary N) is 4. The topological polar surface area (TPSA) is 222 Å². The summed E-state index contributed by atoms with van der Waals surface area (Å²) < 4.78 is 0. The Hall–Kier alpha value is -3.48. The average molecular weight is 496 g/mol. The van der Waals surface area contributed by atoms with Crippen molar-refractivity contribution in [3.8, 4) is 0 Å². The van der Waals surface area contributed by atoms with Crippen molar-refractivity contribution in [2.75, 3.05) is 0 Å². The number of imidazole rings is 1. The molecule has 0 spiro atoms. The van der Waals surface area contributed by atoms with Crippen molar-refractivity contribution in [3.63, 3.8) is 0 Å². The van der Waals surface area contributed by atoms with E-state index in [1.807, 2.05) is 6.92 Å². The lowest BCUT2D eigenvalue weighted by Gasteiger charge is -2.26. The maximum atomic E-state index is 13.0.